The highest BCUT2D eigenvalue weighted by Crippen LogP contribution is 2.25. The van der Waals surface area contributed by atoms with Crippen LogP contribution in [0.5, 0.6) is 0 Å². The van der Waals surface area contributed by atoms with E-state index in [4.69, 9.17) is 4.52 Å². The number of hydrogen-bond donors (Lipinski definition) is 1. The highest BCUT2D eigenvalue weighted by Gasteiger charge is 2.32. The van der Waals surface area contributed by atoms with Gasteiger partial charge in [0.15, 0.2) is 5.76 Å². The maximum absolute atomic E-state index is 12.4. The number of benzene rings is 2. The molecule has 1 aromatic heterocycles. The number of nitrogens with zero attached hydrogens (tertiary/aromatic N) is 2. The Hall–Kier alpha value is -2.80. The summed E-state index contributed by atoms with van der Waals surface area (Å²) in [6, 6.07) is 15.6. The molecule has 0 bridgehead atoms. The van der Waals surface area contributed by atoms with Gasteiger partial charge in [-0.3, -0.25) is 9.59 Å². The number of amides is 2. The Morgan fingerprint density at radius 3 is 2.85 bits per heavy atom. The van der Waals surface area contributed by atoms with E-state index in [9.17, 15) is 9.59 Å². The molecule has 2 heterocycles. The van der Waals surface area contributed by atoms with Gasteiger partial charge in [0, 0.05) is 24.3 Å². The predicted molar refractivity (Wildman–Crippen MR) is 105 cm³/mol. The molecule has 1 fully saturated rings. The van der Waals surface area contributed by atoms with Gasteiger partial charge in [0.2, 0.25) is 11.8 Å². The number of nitrogens with one attached hydrogen (secondary N) is 1. The highest BCUT2D eigenvalue weighted by atomic mass is 32.2. The van der Waals surface area contributed by atoms with Gasteiger partial charge in [-0.1, -0.05) is 41.6 Å². The van der Waals surface area contributed by atoms with Crippen molar-refractivity contribution in [2.75, 3.05) is 11.6 Å². The lowest BCUT2D eigenvalue weighted by Crippen LogP contribution is -2.46. The van der Waals surface area contributed by atoms with Gasteiger partial charge in [-0.2, -0.15) is 0 Å². The largest absolute Gasteiger partial charge is 0.356 e. The second kappa shape index (κ2) is 7.44. The van der Waals surface area contributed by atoms with Crippen molar-refractivity contribution in [2.45, 2.75) is 19.5 Å². The molecule has 1 N–H and O–H groups in total. The molecule has 6 nitrogen and oxygen atoms in total. The van der Waals surface area contributed by atoms with Crippen molar-refractivity contribution in [1.82, 2.24) is 15.4 Å². The zero-order valence-electron chi connectivity index (χ0n) is 14.8. The predicted octanol–water partition coefficient (Wildman–Crippen LogP) is 3.03. The number of aromatic nitrogens is 1. The molecular formula is C20H19N3O3S. The molecule has 1 aliphatic heterocycles. The first-order valence-electron chi connectivity index (χ1n) is 8.69. The number of rotatable bonds is 4. The van der Waals surface area contributed by atoms with E-state index in [1.807, 2.05) is 30.3 Å². The van der Waals surface area contributed by atoms with Gasteiger partial charge in [-0.15, -0.1) is 11.8 Å². The van der Waals surface area contributed by atoms with E-state index in [0.717, 1.165) is 16.3 Å². The number of carbonyl (C=O) groups is 2. The van der Waals surface area contributed by atoms with Gasteiger partial charge in [0.1, 0.15) is 11.7 Å². The summed E-state index contributed by atoms with van der Waals surface area (Å²) in [5, 5.41) is 9.19. The topological polar surface area (TPSA) is 75.4 Å². The highest BCUT2D eigenvalue weighted by molar-refractivity contribution is 7.99. The van der Waals surface area contributed by atoms with Crippen LogP contribution in [-0.4, -0.2) is 39.5 Å². The SMILES string of the molecule is CC(=O)N1CSC[C@H]1C(=O)NCc1cc(-c2ccc3ccccc3c2)on1. The van der Waals surface area contributed by atoms with Crippen LogP contribution in [0.4, 0.5) is 0 Å². The minimum Gasteiger partial charge on any atom is -0.356 e. The molecule has 1 aliphatic rings. The first-order chi connectivity index (χ1) is 13.1. The van der Waals surface area contributed by atoms with Crippen LogP contribution in [0.15, 0.2) is 53.1 Å². The molecule has 27 heavy (non-hydrogen) atoms. The summed E-state index contributed by atoms with van der Waals surface area (Å²) in [5.74, 6) is 1.59. The standard InChI is InChI=1S/C20H19N3O3S/c1-13(24)23-12-27-11-18(23)20(25)21-10-17-9-19(26-22-17)16-7-6-14-4-2-3-5-15(14)8-16/h2-9,18H,10-12H2,1H3,(H,21,25)/t18-/m0/s1. The molecule has 1 atom stereocenters. The van der Waals surface area contributed by atoms with Crippen molar-refractivity contribution in [3.63, 3.8) is 0 Å². The summed E-state index contributed by atoms with van der Waals surface area (Å²) < 4.78 is 5.45. The lowest BCUT2D eigenvalue weighted by molar-refractivity contribution is -0.136. The quantitative estimate of drug-likeness (QED) is 0.752. The Kier molecular flexibility index (Phi) is 4.85. The monoisotopic (exact) mass is 381 g/mol. The molecule has 0 radical (unpaired) electrons. The Morgan fingerprint density at radius 2 is 2.04 bits per heavy atom. The average Bonchev–Trinajstić information content (AvgIpc) is 3.35. The summed E-state index contributed by atoms with van der Waals surface area (Å²) in [6.07, 6.45) is 0. The maximum atomic E-state index is 12.4. The maximum Gasteiger partial charge on any atom is 0.244 e. The molecule has 0 saturated carbocycles. The van der Waals surface area contributed by atoms with Crippen LogP contribution in [0, 0.1) is 0 Å². The zero-order valence-corrected chi connectivity index (χ0v) is 15.7. The fourth-order valence-corrected chi connectivity index (χ4v) is 4.36. The molecule has 0 aliphatic carbocycles. The van der Waals surface area contributed by atoms with E-state index in [-0.39, 0.29) is 18.4 Å². The van der Waals surface area contributed by atoms with Gasteiger partial charge in [-0.25, -0.2) is 0 Å². The van der Waals surface area contributed by atoms with Gasteiger partial charge in [0.05, 0.1) is 12.4 Å². The second-order valence-electron chi connectivity index (χ2n) is 6.47. The van der Waals surface area contributed by atoms with Crippen molar-refractivity contribution < 1.29 is 14.1 Å². The van der Waals surface area contributed by atoms with Gasteiger partial charge in [-0.05, 0) is 16.8 Å². The summed E-state index contributed by atoms with van der Waals surface area (Å²) >= 11 is 1.58. The van der Waals surface area contributed by atoms with Crippen molar-refractivity contribution in [2.24, 2.45) is 0 Å². The molecule has 1 saturated heterocycles. The third-order valence-electron chi connectivity index (χ3n) is 4.63. The Bertz CT molecular complexity index is 1000. The first kappa shape index (κ1) is 17.6. The van der Waals surface area contributed by atoms with Gasteiger partial charge >= 0.3 is 0 Å². The third-order valence-corrected chi connectivity index (χ3v) is 5.64. The van der Waals surface area contributed by atoms with E-state index in [0.29, 0.717) is 23.1 Å². The third kappa shape index (κ3) is 3.68. The molecule has 138 valence electrons. The molecule has 2 amide bonds. The van der Waals surface area contributed by atoms with Crippen LogP contribution in [0.3, 0.4) is 0 Å². The fraction of sp³-hybridized carbons (Fsp3) is 0.250. The van der Waals surface area contributed by atoms with E-state index >= 15 is 0 Å². The molecule has 3 aromatic rings. The Morgan fingerprint density at radius 1 is 1.22 bits per heavy atom. The Balaban J connectivity index is 1.43. The smallest absolute Gasteiger partial charge is 0.244 e. The van der Waals surface area contributed by atoms with Crippen LogP contribution >= 0.6 is 11.8 Å². The lowest BCUT2D eigenvalue weighted by atomic mass is 10.1. The van der Waals surface area contributed by atoms with Crippen LogP contribution in [-0.2, 0) is 16.1 Å². The van der Waals surface area contributed by atoms with E-state index < -0.39 is 6.04 Å². The summed E-state index contributed by atoms with van der Waals surface area (Å²) in [6.45, 7) is 1.75. The van der Waals surface area contributed by atoms with Crippen molar-refractivity contribution in [3.8, 4) is 11.3 Å². The second-order valence-corrected chi connectivity index (χ2v) is 7.47. The minimum absolute atomic E-state index is 0.0832. The van der Waals surface area contributed by atoms with Gasteiger partial charge < -0.3 is 14.7 Å². The number of hydrogen-bond acceptors (Lipinski definition) is 5. The van der Waals surface area contributed by atoms with E-state index in [1.54, 1.807) is 16.7 Å². The summed E-state index contributed by atoms with van der Waals surface area (Å²) in [5.41, 5.74) is 1.58. The zero-order chi connectivity index (χ0) is 18.8. The summed E-state index contributed by atoms with van der Waals surface area (Å²) in [4.78, 5) is 25.6. The lowest BCUT2D eigenvalue weighted by Gasteiger charge is -2.21. The number of fused-ring (bicyclic) bond motifs is 1. The van der Waals surface area contributed by atoms with Crippen LogP contribution in [0.25, 0.3) is 22.1 Å². The number of carbonyl (C=O) groups excluding carboxylic acids is 2. The van der Waals surface area contributed by atoms with E-state index in [2.05, 4.69) is 28.7 Å². The van der Waals surface area contributed by atoms with Crippen molar-refractivity contribution >= 4 is 34.3 Å². The average molecular weight is 381 g/mol. The van der Waals surface area contributed by atoms with E-state index in [1.165, 1.54) is 6.92 Å². The molecular weight excluding hydrogens is 362 g/mol. The molecule has 0 unspecified atom stereocenters. The Labute approximate surface area is 160 Å². The van der Waals surface area contributed by atoms with Gasteiger partial charge in [0.25, 0.3) is 0 Å². The van der Waals surface area contributed by atoms with Crippen LogP contribution < -0.4 is 5.32 Å². The molecule has 4 rings (SSSR count). The molecule has 2 aromatic carbocycles. The molecule has 0 spiro atoms. The van der Waals surface area contributed by atoms with Crippen LogP contribution in [0.2, 0.25) is 0 Å². The minimum atomic E-state index is -0.417. The fourth-order valence-electron chi connectivity index (χ4n) is 3.14. The van der Waals surface area contributed by atoms with Crippen molar-refractivity contribution in [1.29, 1.82) is 0 Å². The first-order valence-corrected chi connectivity index (χ1v) is 9.85. The summed E-state index contributed by atoms with van der Waals surface area (Å²) in [7, 11) is 0. The van der Waals surface area contributed by atoms with Crippen molar-refractivity contribution in [3.05, 3.63) is 54.2 Å². The number of thioether (sulfide) groups is 1. The normalized spacial score (nSPS) is 16.6. The van der Waals surface area contributed by atoms with Crippen LogP contribution in [0.1, 0.15) is 12.6 Å². The molecule has 7 heteroatoms.